The summed E-state index contributed by atoms with van der Waals surface area (Å²) in [5, 5.41) is 0. The predicted octanol–water partition coefficient (Wildman–Crippen LogP) is 1.78. The lowest BCUT2D eigenvalue weighted by Gasteiger charge is -2.30. The molecule has 0 spiro atoms. The van der Waals surface area contributed by atoms with Crippen molar-refractivity contribution in [3.05, 3.63) is 23.5 Å². The number of H-pyrrole nitrogens is 1. The Kier molecular flexibility index (Phi) is 1.93. The van der Waals surface area contributed by atoms with Crippen molar-refractivity contribution in [2.24, 2.45) is 0 Å². The summed E-state index contributed by atoms with van der Waals surface area (Å²) in [5.41, 5.74) is 2.92. The van der Waals surface area contributed by atoms with Gasteiger partial charge in [-0.3, -0.25) is 4.90 Å². The van der Waals surface area contributed by atoms with Crippen LogP contribution in [0.1, 0.15) is 25.1 Å². The number of fused-ring (bicyclic) bond motifs is 1. The Bertz CT molecular complexity index is 263. The molecule has 0 saturated carbocycles. The van der Waals surface area contributed by atoms with E-state index < -0.39 is 0 Å². The fraction of sp³-hybridized carbons (Fsp3) is 0.600. The molecule has 0 fully saturated rings. The Labute approximate surface area is 73.6 Å². The highest BCUT2D eigenvalue weighted by molar-refractivity contribution is 5.22. The second kappa shape index (κ2) is 2.94. The van der Waals surface area contributed by atoms with Crippen LogP contribution in [0.3, 0.4) is 0 Å². The third-order valence-electron chi connectivity index (χ3n) is 2.68. The Morgan fingerprint density at radius 3 is 3.08 bits per heavy atom. The summed E-state index contributed by atoms with van der Waals surface area (Å²) in [5.74, 6) is 0. The van der Waals surface area contributed by atoms with Gasteiger partial charge in [-0.2, -0.15) is 0 Å². The molecule has 2 rings (SSSR count). The maximum atomic E-state index is 3.29. The van der Waals surface area contributed by atoms with Crippen molar-refractivity contribution in [2.45, 2.75) is 32.9 Å². The van der Waals surface area contributed by atoms with Gasteiger partial charge in [0.1, 0.15) is 0 Å². The van der Waals surface area contributed by atoms with Crippen LogP contribution >= 0.6 is 0 Å². The maximum absolute atomic E-state index is 3.29. The first kappa shape index (κ1) is 7.87. The molecule has 1 N–H and O–H groups in total. The zero-order valence-corrected chi connectivity index (χ0v) is 7.80. The van der Waals surface area contributed by atoms with Gasteiger partial charge < -0.3 is 4.98 Å². The molecule has 0 atom stereocenters. The lowest BCUT2D eigenvalue weighted by molar-refractivity contribution is 0.203. The standard InChI is InChI=1S/C10H16N2/c1-8(2)12-6-4-10-9(7-12)3-5-11-10/h3,5,8,11H,4,6-7H2,1-2H3. The number of aromatic nitrogens is 1. The van der Waals surface area contributed by atoms with Crippen LogP contribution in [0.4, 0.5) is 0 Å². The minimum absolute atomic E-state index is 0.674. The van der Waals surface area contributed by atoms with Gasteiger partial charge in [-0.05, 0) is 25.5 Å². The third-order valence-corrected chi connectivity index (χ3v) is 2.68. The number of rotatable bonds is 1. The Morgan fingerprint density at radius 1 is 1.50 bits per heavy atom. The predicted molar refractivity (Wildman–Crippen MR) is 50.0 cm³/mol. The van der Waals surface area contributed by atoms with Crippen molar-refractivity contribution in [3.8, 4) is 0 Å². The first-order valence-electron chi connectivity index (χ1n) is 4.66. The molecular formula is C10H16N2. The van der Waals surface area contributed by atoms with Gasteiger partial charge in [0.25, 0.3) is 0 Å². The van der Waals surface area contributed by atoms with Gasteiger partial charge in [0.05, 0.1) is 0 Å². The average molecular weight is 164 g/mol. The molecule has 0 aromatic carbocycles. The summed E-state index contributed by atoms with van der Waals surface area (Å²) in [6.07, 6.45) is 3.23. The lowest BCUT2D eigenvalue weighted by atomic mass is 10.1. The monoisotopic (exact) mass is 164 g/mol. The van der Waals surface area contributed by atoms with Crippen LogP contribution in [-0.4, -0.2) is 22.5 Å². The van der Waals surface area contributed by atoms with Gasteiger partial charge in [-0.15, -0.1) is 0 Å². The van der Waals surface area contributed by atoms with Crippen molar-refractivity contribution < 1.29 is 0 Å². The topological polar surface area (TPSA) is 19.0 Å². The summed E-state index contributed by atoms with van der Waals surface area (Å²) in [7, 11) is 0. The zero-order chi connectivity index (χ0) is 8.55. The average Bonchev–Trinajstić information content (AvgIpc) is 2.49. The minimum atomic E-state index is 0.674. The summed E-state index contributed by atoms with van der Waals surface area (Å²) in [4.78, 5) is 5.80. The van der Waals surface area contributed by atoms with Gasteiger partial charge in [-0.1, -0.05) is 0 Å². The second-order valence-corrected chi connectivity index (χ2v) is 3.80. The molecule has 0 amide bonds. The summed E-state index contributed by atoms with van der Waals surface area (Å²) in [6.45, 7) is 6.84. The third kappa shape index (κ3) is 1.27. The molecule has 0 aliphatic carbocycles. The van der Waals surface area contributed by atoms with E-state index in [1.165, 1.54) is 24.2 Å². The fourth-order valence-electron chi connectivity index (χ4n) is 1.81. The number of hydrogen-bond donors (Lipinski definition) is 1. The van der Waals surface area contributed by atoms with Gasteiger partial charge in [0, 0.05) is 37.4 Å². The first-order valence-corrected chi connectivity index (χ1v) is 4.66. The summed E-state index contributed by atoms with van der Waals surface area (Å²) < 4.78 is 0. The van der Waals surface area contributed by atoms with Gasteiger partial charge in [-0.25, -0.2) is 0 Å². The van der Waals surface area contributed by atoms with E-state index in [4.69, 9.17) is 0 Å². The van der Waals surface area contributed by atoms with Crippen LogP contribution in [0.25, 0.3) is 0 Å². The molecule has 2 heterocycles. The van der Waals surface area contributed by atoms with Crippen molar-refractivity contribution in [1.82, 2.24) is 9.88 Å². The zero-order valence-electron chi connectivity index (χ0n) is 7.80. The van der Waals surface area contributed by atoms with E-state index in [1.54, 1.807) is 0 Å². The van der Waals surface area contributed by atoms with Crippen LogP contribution < -0.4 is 0 Å². The number of aromatic amines is 1. The van der Waals surface area contributed by atoms with Crippen LogP contribution in [0.5, 0.6) is 0 Å². The number of hydrogen-bond acceptors (Lipinski definition) is 1. The quantitative estimate of drug-likeness (QED) is 0.670. The summed E-state index contributed by atoms with van der Waals surface area (Å²) >= 11 is 0. The van der Waals surface area contributed by atoms with Crippen LogP contribution in [0.2, 0.25) is 0 Å². The Hall–Kier alpha value is -0.760. The van der Waals surface area contributed by atoms with E-state index in [2.05, 4.69) is 36.0 Å². The highest BCUT2D eigenvalue weighted by Gasteiger charge is 2.18. The van der Waals surface area contributed by atoms with Crippen LogP contribution in [-0.2, 0) is 13.0 Å². The Balaban J connectivity index is 2.15. The molecule has 66 valence electrons. The molecule has 0 saturated heterocycles. The molecule has 1 aliphatic heterocycles. The Morgan fingerprint density at radius 2 is 2.33 bits per heavy atom. The van der Waals surface area contributed by atoms with Crippen molar-refractivity contribution in [3.63, 3.8) is 0 Å². The molecule has 0 unspecified atom stereocenters. The molecule has 1 aliphatic rings. The van der Waals surface area contributed by atoms with Crippen LogP contribution in [0.15, 0.2) is 12.3 Å². The normalized spacial score (nSPS) is 18.2. The molecule has 0 bridgehead atoms. The van der Waals surface area contributed by atoms with E-state index >= 15 is 0 Å². The van der Waals surface area contributed by atoms with Crippen LogP contribution in [0, 0.1) is 0 Å². The van der Waals surface area contributed by atoms with Crippen molar-refractivity contribution in [1.29, 1.82) is 0 Å². The van der Waals surface area contributed by atoms with E-state index in [0.717, 1.165) is 6.54 Å². The SMILES string of the molecule is CC(C)N1CCc2[nH]ccc2C1. The molecule has 2 nitrogen and oxygen atoms in total. The highest BCUT2D eigenvalue weighted by Crippen LogP contribution is 2.18. The van der Waals surface area contributed by atoms with Gasteiger partial charge in [0.15, 0.2) is 0 Å². The second-order valence-electron chi connectivity index (χ2n) is 3.80. The first-order chi connectivity index (χ1) is 5.77. The lowest BCUT2D eigenvalue weighted by Crippen LogP contribution is -2.35. The van der Waals surface area contributed by atoms with E-state index in [-0.39, 0.29) is 0 Å². The van der Waals surface area contributed by atoms with E-state index in [9.17, 15) is 0 Å². The number of nitrogens with zero attached hydrogens (tertiary/aromatic N) is 1. The van der Waals surface area contributed by atoms with E-state index in [0.29, 0.717) is 6.04 Å². The molecule has 12 heavy (non-hydrogen) atoms. The van der Waals surface area contributed by atoms with Gasteiger partial charge >= 0.3 is 0 Å². The van der Waals surface area contributed by atoms with Crippen molar-refractivity contribution >= 4 is 0 Å². The summed E-state index contributed by atoms with van der Waals surface area (Å²) in [6, 6.07) is 2.87. The van der Waals surface area contributed by atoms with E-state index in [1.807, 2.05) is 0 Å². The molecule has 2 heteroatoms. The molecular weight excluding hydrogens is 148 g/mol. The molecule has 0 radical (unpaired) electrons. The van der Waals surface area contributed by atoms with Gasteiger partial charge in [0.2, 0.25) is 0 Å². The number of nitrogens with one attached hydrogen (secondary N) is 1. The minimum Gasteiger partial charge on any atom is -0.365 e. The maximum Gasteiger partial charge on any atom is 0.0254 e. The molecule has 1 aromatic heterocycles. The smallest absolute Gasteiger partial charge is 0.0254 e. The fourth-order valence-corrected chi connectivity index (χ4v) is 1.81. The largest absolute Gasteiger partial charge is 0.365 e. The highest BCUT2D eigenvalue weighted by atomic mass is 15.2. The molecule has 1 aromatic rings. The van der Waals surface area contributed by atoms with Crippen molar-refractivity contribution in [2.75, 3.05) is 6.54 Å².